The highest BCUT2D eigenvalue weighted by Crippen LogP contribution is 2.26. The number of methoxy groups -OCH3 is 1. The van der Waals surface area contributed by atoms with Gasteiger partial charge in [0.15, 0.2) is 0 Å². The molecule has 0 atom stereocenters. The van der Waals surface area contributed by atoms with Gasteiger partial charge in [-0.25, -0.2) is 9.37 Å². The Kier molecular flexibility index (Phi) is 6.25. The van der Waals surface area contributed by atoms with Crippen LogP contribution < -0.4 is 10.1 Å². The van der Waals surface area contributed by atoms with Gasteiger partial charge in [0.05, 0.1) is 36.9 Å². The number of aromatic amines is 1. The van der Waals surface area contributed by atoms with Gasteiger partial charge >= 0.3 is 0 Å². The summed E-state index contributed by atoms with van der Waals surface area (Å²) in [6.07, 6.45) is 0.842. The Labute approximate surface area is 174 Å². The van der Waals surface area contributed by atoms with E-state index in [1.54, 1.807) is 25.3 Å². The average molecular weight is 412 g/mol. The van der Waals surface area contributed by atoms with Gasteiger partial charge in [-0.15, -0.1) is 0 Å². The zero-order valence-electron chi connectivity index (χ0n) is 16.9. The van der Waals surface area contributed by atoms with Crippen LogP contribution >= 0.6 is 0 Å². The summed E-state index contributed by atoms with van der Waals surface area (Å²) in [5, 5.41) is 2.86. The first-order chi connectivity index (χ1) is 14.6. The number of hydrogen-bond donors (Lipinski definition) is 2. The number of morpholine rings is 1. The summed E-state index contributed by atoms with van der Waals surface area (Å²) >= 11 is 0. The van der Waals surface area contributed by atoms with Crippen molar-refractivity contribution in [2.24, 2.45) is 0 Å². The number of carbonyl (C=O) groups is 1. The van der Waals surface area contributed by atoms with Gasteiger partial charge in [0.25, 0.3) is 5.91 Å². The highest BCUT2D eigenvalue weighted by atomic mass is 19.1. The van der Waals surface area contributed by atoms with Crippen molar-refractivity contribution in [3.63, 3.8) is 0 Å². The molecule has 0 spiro atoms. The minimum Gasteiger partial charge on any atom is -0.497 e. The summed E-state index contributed by atoms with van der Waals surface area (Å²) in [6, 6.07) is 9.86. The molecule has 8 heteroatoms. The fourth-order valence-electron chi connectivity index (χ4n) is 3.52. The van der Waals surface area contributed by atoms with Gasteiger partial charge in [-0.2, -0.15) is 0 Å². The van der Waals surface area contributed by atoms with Crippen LogP contribution in [0.5, 0.6) is 5.75 Å². The number of amides is 1. The summed E-state index contributed by atoms with van der Waals surface area (Å²) in [4.78, 5) is 22.2. The van der Waals surface area contributed by atoms with E-state index in [2.05, 4.69) is 20.2 Å². The Hall–Kier alpha value is -2.97. The molecule has 0 radical (unpaired) electrons. The van der Waals surface area contributed by atoms with Crippen LogP contribution in [0.3, 0.4) is 0 Å². The number of rotatable bonds is 7. The minimum absolute atomic E-state index is 0.281. The summed E-state index contributed by atoms with van der Waals surface area (Å²) < 4.78 is 25.2. The van der Waals surface area contributed by atoms with E-state index in [9.17, 15) is 9.18 Å². The third-order valence-electron chi connectivity index (χ3n) is 5.22. The first-order valence-electron chi connectivity index (χ1n) is 10.1. The van der Waals surface area contributed by atoms with Gasteiger partial charge in [-0.3, -0.25) is 9.69 Å². The fourth-order valence-corrected chi connectivity index (χ4v) is 3.52. The molecule has 4 rings (SSSR count). The van der Waals surface area contributed by atoms with Crippen LogP contribution in [0.4, 0.5) is 4.39 Å². The number of H-pyrrole nitrogens is 1. The number of hydrogen-bond acceptors (Lipinski definition) is 5. The fraction of sp³-hybridized carbons (Fsp3) is 0.364. The van der Waals surface area contributed by atoms with E-state index in [1.165, 1.54) is 6.07 Å². The van der Waals surface area contributed by atoms with Crippen molar-refractivity contribution in [2.45, 2.75) is 6.42 Å². The number of nitrogens with one attached hydrogen (secondary N) is 2. The quantitative estimate of drug-likeness (QED) is 0.584. The van der Waals surface area contributed by atoms with E-state index < -0.39 is 5.82 Å². The number of fused-ring (bicyclic) bond motifs is 1. The summed E-state index contributed by atoms with van der Waals surface area (Å²) in [5.41, 5.74) is 2.08. The van der Waals surface area contributed by atoms with E-state index in [0.717, 1.165) is 44.8 Å². The molecule has 30 heavy (non-hydrogen) atoms. The molecule has 3 aromatic rings. The van der Waals surface area contributed by atoms with Crippen LogP contribution in [-0.4, -0.2) is 67.3 Å². The first-order valence-corrected chi connectivity index (χ1v) is 10.1. The number of halogens is 1. The molecule has 2 heterocycles. The Morgan fingerprint density at radius 3 is 2.87 bits per heavy atom. The van der Waals surface area contributed by atoms with E-state index in [0.29, 0.717) is 34.8 Å². The molecule has 0 bridgehead atoms. The lowest BCUT2D eigenvalue weighted by molar-refractivity contribution is 0.0374. The van der Waals surface area contributed by atoms with Gasteiger partial charge < -0.3 is 19.8 Å². The smallest absolute Gasteiger partial charge is 0.251 e. The van der Waals surface area contributed by atoms with E-state index in [4.69, 9.17) is 9.47 Å². The van der Waals surface area contributed by atoms with Crippen molar-refractivity contribution in [1.29, 1.82) is 0 Å². The van der Waals surface area contributed by atoms with Crippen molar-refractivity contribution >= 4 is 16.9 Å². The Balaban J connectivity index is 1.38. The molecule has 1 fully saturated rings. The lowest BCUT2D eigenvalue weighted by Crippen LogP contribution is -2.38. The lowest BCUT2D eigenvalue weighted by Gasteiger charge is -2.26. The molecule has 0 saturated carbocycles. The summed E-state index contributed by atoms with van der Waals surface area (Å²) in [5.74, 6) is 0.325. The molecule has 0 aliphatic carbocycles. The van der Waals surface area contributed by atoms with Crippen molar-refractivity contribution in [2.75, 3.05) is 46.5 Å². The molecule has 1 saturated heterocycles. The van der Waals surface area contributed by atoms with E-state index in [-0.39, 0.29) is 5.91 Å². The largest absolute Gasteiger partial charge is 0.497 e. The van der Waals surface area contributed by atoms with Gasteiger partial charge in [0, 0.05) is 31.3 Å². The Morgan fingerprint density at radius 2 is 2.10 bits per heavy atom. The lowest BCUT2D eigenvalue weighted by atomic mass is 10.1. The molecule has 1 aliphatic heterocycles. The van der Waals surface area contributed by atoms with Crippen LogP contribution in [0, 0.1) is 5.82 Å². The summed E-state index contributed by atoms with van der Waals surface area (Å²) in [7, 11) is 1.59. The second kappa shape index (κ2) is 9.23. The van der Waals surface area contributed by atoms with Gasteiger partial charge in [0.2, 0.25) is 0 Å². The number of aromatic nitrogens is 2. The highest BCUT2D eigenvalue weighted by molar-refractivity contribution is 5.94. The highest BCUT2D eigenvalue weighted by Gasteiger charge is 2.14. The predicted molar refractivity (Wildman–Crippen MR) is 112 cm³/mol. The van der Waals surface area contributed by atoms with Crippen molar-refractivity contribution in [3.05, 3.63) is 47.8 Å². The maximum atomic E-state index is 14.7. The number of ether oxygens (including phenoxy) is 2. The van der Waals surface area contributed by atoms with Crippen LogP contribution in [0.2, 0.25) is 0 Å². The topological polar surface area (TPSA) is 79.5 Å². The molecule has 2 aromatic carbocycles. The molecule has 7 nitrogen and oxygen atoms in total. The van der Waals surface area contributed by atoms with Crippen LogP contribution in [-0.2, 0) is 4.74 Å². The SMILES string of the molecule is COc1ccc2nc(-c3ccc(C(=O)NCCCN4CCOCC4)cc3F)[nH]c2c1. The van der Waals surface area contributed by atoms with E-state index >= 15 is 0 Å². The minimum atomic E-state index is -0.498. The van der Waals surface area contributed by atoms with Gasteiger partial charge in [-0.1, -0.05) is 0 Å². The van der Waals surface area contributed by atoms with Crippen LogP contribution in [0.15, 0.2) is 36.4 Å². The summed E-state index contributed by atoms with van der Waals surface area (Å²) in [6.45, 7) is 4.83. The van der Waals surface area contributed by atoms with Crippen molar-refractivity contribution in [3.8, 4) is 17.1 Å². The third-order valence-corrected chi connectivity index (χ3v) is 5.22. The first kappa shape index (κ1) is 20.3. The molecular weight excluding hydrogens is 387 g/mol. The van der Waals surface area contributed by atoms with Crippen LogP contribution in [0.1, 0.15) is 16.8 Å². The molecule has 1 aromatic heterocycles. The molecule has 158 valence electrons. The maximum Gasteiger partial charge on any atom is 0.251 e. The second-order valence-electron chi connectivity index (χ2n) is 7.23. The zero-order valence-corrected chi connectivity index (χ0v) is 16.9. The van der Waals surface area contributed by atoms with Crippen molar-refractivity contribution in [1.82, 2.24) is 20.2 Å². The molecule has 1 aliphatic rings. The second-order valence-corrected chi connectivity index (χ2v) is 7.23. The standard InChI is InChI=1S/C22H25FN4O3/c1-29-16-4-6-19-20(14-16)26-21(25-19)17-5-3-15(13-18(17)23)22(28)24-7-2-8-27-9-11-30-12-10-27/h3-6,13-14H,2,7-12H2,1H3,(H,24,28)(H,25,26). The molecular formula is C22H25FN4O3. The van der Waals surface area contributed by atoms with E-state index in [1.807, 2.05) is 12.1 Å². The number of benzene rings is 2. The van der Waals surface area contributed by atoms with Gasteiger partial charge in [0.1, 0.15) is 17.4 Å². The molecule has 1 amide bonds. The number of imidazole rings is 1. The Morgan fingerprint density at radius 1 is 1.27 bits per heavy atom. The number of carbonyl (C=O) groups excluding carboxylic acids is 1. The normalized spacial score (nSPS) is 14.7. The van der Waals surface area contributed by atoms with Crippen molar-refractivity contribution < 1.29 is 18.7 Å². The molecule has 2 N–H and O–H groups in total. The number of nitrogens with zero attached hydrogens (tertiary/aromatic N) is 2. The average Bonchev–Trinajstić information content (AvgIpc) is 3.20. The predicted octanol–water partition coefficient (Wildman–Crippen LogP) is 2.83. The monoisotopic (exact) mass is 412 g/mol. The Bertz CT molecular complexity index is 1030. The van der Waals surface area contributed by atoms with Crippen LogP contribution in [0.25, 0.3) is 22.4 Å². The van der Waals surface area contributed by atoms with Gasteiger partial charge in [-0.05, 0) is 43.3 Å². The zero-order chi connectivity index (χ0) is 20.9. The molecule has 0 unspecified atom stereocenters. The third kappa shape index (κ3) is 4.60. The maximum absolute atomic E-state index is 14.7.